The Morgan fingerprint density at radius 2 is 2.17 bits per heavy atom. The standard InChI is InChI=1S/C21H23N5O4/c1-13-23-16(24-30-13)11-25(2)19(27)17-15-3-7-21(29-15)12-26(20(28)18(17)21)10-6-14-4-8-22-9-5-14/h3-5,7-9,15,17-18H,6,10-12H2,1-2H3/t15-,17-,18+,21-/m0/s1. The number of hydrogen-bond donors (Lipinski definition) is 0. The van der Waals surface area contributed by atoms with Crippen LogP contribution in [-0.2, 0) is 27.3 Å². The fraction of sp³-hybridized carbons (Fsp3) is 0.476. The lowest BCUT2D eigenvalue weighted by Crippen LogP contribution is -2.44. The third-order valence-electron chi connectivity index (χ3n) is 6.21. The first-order valence-electron chi connectivity index (χ1n) is 10.1. The van der Waals surface area contributed by atoms with Crippen molar-refractivity contribution in [3.05, 3.63) is 54.0 Å². The van der Waals surface area contributed by atoms with Gasteiger partial charge >= 0.3 is 0 Å². The number of aryl methyl sites for hydroxylation is 1. The van der Waals surface area contributed by atoms with E-state index in [1.807, 2.05) is 29.2 Å². The van der Waals surface area contributed by atoms with E-state index in [2.05, 4.69) is 15.1 Å². The van der Waals surface area contributed by atoms with E-state index in [4.69, 9.17) is 9.26 Å². The van der Waals surface area contributed by atoms with Crippen molar-refractivity contribution < 1.29 is 18.8 Å². The van der Waals surface area contributed by atoms with Crippen LogP contribution in [0.3, 0.4) is 0 Å². The van der Waals surface area contributed by atoms with Crippen LogP contribution < -0.4 is 0 Å². The molecule has 1 spiro atoms. The number of pyridine rings is 1. The molecule has 2 fully saturated rings. The van der Waals surface area contributed by atoms with Crippen molar-refractivity contribution in [2.45, 2.75) is 31.6 Å². The van der Waals surface area contributed by atoms with E-state index in [1.54, 1.807) is 31.3 Å². The third-order valence-corrected chi connectivity index (χ3v) is 6.21. The normalized spacial score (nSPS) is 28.9. The fourth-order valence-corrected chi connectivity index (χ4v) is 4.81. The average molecular weight is 409 g/mol. The second-order valence-electron chi connectivity index (χ2n) is 8.19. The van der Waals surface area contributed by atoms with Crippen molar-refractivity contribution in [1.29, 1.82) is 0 Å². The molecule has 0 radical (unpaired) electrons. The quantitative estimate of drug-likeness (QED) is 0.649. The predicted molar refractivity (Wildman–Crippen MR) is 104 cm³/mol. The zero-order valence-corrected chi connectivity index (χ0v) is 16.9. The van der Waals surface area contributed by atoms with Gasteiger partial charge in [0.05, 0.1) is 31.0 Å². The Morgan fingerprint density at radius 1 is 1.37 bits per heavy atom. The summed E-state index contributed by atoms with van der Waals surface area (Å²) in [6, 6.07) is 3.89. The van der Waals surface area contributed by atoms with Gasteiger partial charge in [-0.1, -0.05) is 17.3 Å². The summed E-state index contributed by atoms with van der Waals surface area (Å²) < 4.78 is 11.2. The molecular weight excluding hydrogens is 386 g/mol. The van der Waals surface area contributed by atoms with Gasteiger partial charge < -0.3 is 19.1 Å². The van der Waals surface area contributed by atoms with Gasteiger partial charge in [-0.2, -0.15) is 4.98 Å². The van der Waals surface area contributed by atoms with Crippen molar-refractivity contribution in [2.24, 2.45) is 11.8 Å². The zero-order valence-electron chi connectivity index (χ0n) is 16.9. The Labute approximate surface area is 173 Å². The van der Waals surface area contributed by atoms with E-state index in [9.17, 15) is 9.59 Å². The number of ether oxygens (including phenoxy) is 1. The van der Waals surface area contributed by atoms with Gasteiger partial charge in [0.15, 0.2) is 5.82 Å². The number of rotatable bonds is 6. The molecule has 0 N–H and O–H groups in total. The van der Waals surface area contributed by atoms with E-state index >= 15 is 0 Å². The van der Waals surface area contributed by atoms with E-state index in [0.717, 1.165) is 12.0 Å². The van der Waals surface area contributed by atoms with Gasteiger partial charge in [0, 0.05) is 32.9 Å². The number of nitrogens with zero attached hydrogens (tertiary/aromatic N) is 5. The molecule has 9 nitrogen and oxygen atoms in total. The molecule has 3 aliphatic heterocycles. The van der Waals surface area contributed by atoms with E-state index in [0.29, 0.717) is 24.8 Å². The second-order valence-corrected chi connectivity index (χ2v) is 8.19. The molecule has 2 amide bonds. The minimum atomic E-state index is -0.704. The number of carbonyl (C=O) groups is 2. The number of carbonyl (C=O) groups excluding carboxylic acids is 2. The maximum absolute atomic E-state index is 13.3. The Hall–Kier alpha value is -3.07. The Bertz CT molecular complexity index is 1010. The minimum Gasteiger partial charge on any atom is -0.360 e. The number of hydrogen-bond acceptors (Lipinski definition) is 7. The summed E-state index contributed by atoms with van der Waals surface area (Å²) >= 11 is 0. The summed E-state index contributed by atoms with van der Waals surface area (Å²) in [5.41, 5.74) is 0.417. The third kappa shape index (κ3) is 3.00. The lowest BCUT2D eigenvalue weighted by atomic mass is 9.76. The number of fused-ring (bicyclic) bond motifs is 1. The first-order chi connectivity index (χ1) is 14.5. The maximum atomic E-state index is 13.3. The van der Waals surface area contributed by atoms with Crippen molar-refractivity contribution in [3.8, 4) is 0 Å². The van der Waals surface area contributed by atoms with Gasteiger partial charge in [-0.15, -0.1) is 0 Å². The Balaban J connectivity index is 1.31. The molecule has 156 valence electrons. The molecule has 0 aliphatic carbocycles. The Kier molecular flexibility index (Phi) is 4.43. The van der Waals surface area contributed by atoms with Crippen molar-refractivity contribution in [3.63, 3.8) is 0 Å². The van der Waals surface area contributed by atoms with Crippen molar-refractivity contribution >= 4 is 11.8 Å². The van der Waals surface area contributed by atoms with Crippen LogP contribution in [0.25, 0.3) is 0 Å². The number of aromatic nitrogens is 3. The lowest BCUT2D eigenvalue weighted by Gasteiger charge is -2.27. The van der Waals surface area contributed by atoms with Crippen molar-refractivity contribution in [2.75, 3.05) is 20.1 Å². The largest absolute Gasteiger partial charge is 0.360 e. The topological polar surface area (TPSA) is 102 Å². The Morgan fingerprint density at radius 3 is 2.90 bits per heavy atom. The van der Waals surface area contributed by atoms with Crippen LogP contribution in [-0.4, -0.2) is 68.6 Å². The molecule has 0 saturated carbocycles. The van der Waals surface area contributed by atoms with Gasteiger partial charge in [0.1, 0.15) is 5.60 Å². The SMILES string of the molecule is Cc1nc(CN(C)C(=O)[C@H]2[C@@H]3C=C[C@@]4(CN(CCc5ccncc5)C(=O)[C@@H]24)O3)no1. The average Bonchev–Trinajstić information content (AvgIpc) is 3.48. The summed E-state index contributed by atoms with van der Waals surface area (Å²) in [6.45, 7) is 2.99. The lowest BCUT2D eigenvalue weighted by molar-refractivity contribution is -0.142. The van der Waals surface area contributed by atoms with Gasteiger partial charge in [-0.05, 0) is 24.1 Å². The highest BCUT2D eigenvalue weighted by atomic mass is 16.5. The molecule has 2 aromatic rings. The molecule has 3 aliphatic rings. The van der Waals surface area contributed by atoms with Crippen LogP contribution in [0.15, 0.2) is 41.2 Å². The smallest absolute Gasteiger partial charge is 0.230 e. The highest BCUT2D eigenvalue weighted by molar-refractivity contribution is 5.93. The molecule has 4 atom stereocenters. The molecule has 0 unspecified atom stereocenters. The van der Waals surface area contributed by atoms with Crippen LogP contribution in [0.5, 0.6) is 0 Å². The molecule has 30 heavy (non-hydrogen) atoms. The fourth-order valence-electron chi connectivity index (χ4n) is 4.81. The number of likely N-dealkylation sites (tertiary alicyclic amines) is 1. The van der Waals surface area contributed by atoms with Gasteiger partial charge in [0.2, 0.25) is 17.7 Å². The maximum Gasteiger partial charge on any atom is 0.230 e. The van der Waals surface area contributed by atoms with Crippen molar-refractivity contribution in [1.82, 2.24) is 24.9 Å². The molecular formula is C21H23N5O4. The van der Waals surface area contributed by atoms with Crippen LogP contribution in [0.4, 0.5) is 0 Å². The van der Waals surface area contributed by atoms with Gasteiger partial charge in [0.25, 0.3) is 0 Å². The summed E-state index contributed by atoms with van der Waals surface area (Å²) in [5, 5.41) is 3.85. The molecule has 2 aromatic heterocycles. The van der Waals surface area contributed by atoms with E-state index < -0.39 is 17.4 Å². The van der Waals surface area contributed by atoms with E-state index in [1.165, 1.54) is 0 Å². The molecule has 0 aromatic carbocycles. The van der Waals surface area contributed by atoms with E-state index in [-0.39, 0.29) is 24.5 Å². The predicted octanol–water partition coefficient (Wildman–Crippen LogP) is 0.756. The van der Waals surface area contributed by atoms with Crippen LogP contribution >= 0.6 is 0 Å². The first-order valence-corrected chi connectivity index (χ1v) is 10.1. The highest BCUT2D eigenvalue weighted by Crippen LogP contribution is 2.52. The molecule has 2 saturated heterocycles. The zero-order chi connectivity index (χ0) is 20.9. The van der Waals surface area contributed by atoms with Crippen LogP contribution in [0.2, 0.25) is 0 Å². The summed E-state index contributed by atoms with van der Waals surface area (Å²) in [6.07, 6.45) is 7.75. The summed E-state index contributed by atoms with van der Waals surface area (Å²) in [5.74, 6) is -0.291. The monoisotopic (exact) mass is 409 g/mol. The molecule has 9 heteroatoms. The summed E-state index contributed by atoms with van der Waals surface area (Å²) in [7, 11) is 1.69. The number of amides is 2. The molecule has 5 rings (SSSR count). The summed E-state index contributed by atoms with van der Waals surface area (Å²) in [4.78, 5) is 38.1. The van der Waals surface area contributed by atoms with Gasteiger partial charge in [-0.25, -0.2) is 0 Å². The molecule has 5 heterocycles. The first kappa shape index (κ1) is 18.9. The molecule has 2 bridgehead atoms. The second kappa shape index (κ2) is 7.02. The van der Waals surface area contributed by atoms with Gasteiger partial charge in [-0.3, -0.25) is 14.6 Å². The minimum absolute atomic E-state index is 0.0157. The highest BCUT2D eigenvalue weighted by Gasteiger charge is 2.66. The van der Waals surface area contributed by atoms with Crippen LogP contribution in [0.1, 0.15) is 17.3 Å². The van der Waals surface area contributed by atoms with Crippen LogP contribution in [0, 0.1) is 18.8 Å².